The van der Waals surface area contributed by atoms with Crippen molar-refractivity contribution >= 4 is 34.5 Å². The van der Waals surface area contributed by atoms with Crippen molar-refractivity contribution in [3.8, 4) is 0 Å². The van der Waals surface area contributed by atoms with Gasteiger partial charge in [0, 0.05) is 39.8 Å². The van der Waals surface area contributed by atoms with Crippen LogP contribution in [0.2, 0.25) is 5.02 Å². The molecule has 1 aromatic carbocycles. The molecule has 0 unspecified atom stereocenters. The van der Waals surface area contributed by atoms with Crippen LogP contribution in [-0.4, -0.2) is 56.3 Å². The van der Waals surface area contributed by atoms with Gasteiger partial charge in [-0.3, -0.25) is 18.8 Å². The van der Waals surface area contributed by atoms with E-state index in [-0.39, 0.29) is 11.5 Å². The minimum Gasteiger partial charge on any atom is -0.339 e. The zero-order chi connectivity index (χ0) is 20.7. The number of carbonyl (C=O) groups is 1. The fourth-order valence-electron chi connectivity index (χ4n) is 3.84. The van der Waals surface area contributed by atoms with Gasteiger partial charge in [0.05, 0.1) is 16.3 Å². The molecule has 0 radical (unpaired) electrons. The highest BCUT2D eigenvalue weighted by atomic mass is 35.5. The predicted octanol–water partition coefficient (Wildman–Crippen LogP) is 2.07. The van der Waals surface area contributed by atoms with Crippen LogP contribution in [0.5, 0.6) is 0 Å². The Bertz CT molecular complexity index is 1140. The molecule has 4 rings (SSSR count). The summed E-state index contributed by atoms with van der Waals surface area (Å²) in [6, 6.07) is 7.08. The molecule has 9 heteroatoms. The number of fused-ring (bicyclic) bond motifs is 1. The van der Waals surface area contributed by atoms with Crippen molar-refractivity contribution in [2.75, 3.05) is 31.1 Å². The number of carbonyl (C=O) groups excluding carboxylic acids is 1. The first-order chi connectivity index (χ1) is 13.9. The lowest BCUT2D eigenvalue weighted by Crippen LogP contribution is -2.50. The molecule has 1 aliphatic rings. The van der Waals surface area contributed by atoms with Crippen LogP contribution in [0, 0.1) is 6.92 Å². The van der Waals surface area contributed by atoms with E-state index < -0.39 is 0 Å². The van der Waals surface area contributed by atoms with Gasteiger partial charge in [0.15, 0.2) is 5.52 Å². The van der Waals surface area contributed by atoms with Gasteiger partial charge in [-0.25, -0.2) is 4.98 Å². The second-order valence-corrected chi connectivity index (χ2v) is 7.53. The topological polar surface area (TPSA) is 76.3 Å². The minimum atomic E-state index is -0.0924. The van der Waals surface area contributed by atoms with Gasteiger partial charge in [-0.05, 0) is 26.0 Å². The molecule has 1 aliphatic heterocycles. The Morgan fingerprint density at radius 2 is 1.86 bits per heavy atom. The van der Waals surface area contributed by atoms with Crippen molar-refractivity contribution < 1.29 is 4.79 Å². The molecule has 1 amide bonds. The molecule has 1 saturated heterocycles. The molecule has 1 fully saturated rings. The Balaban J connectivity index is 1.61. The molecule has 0 saturated carbocycles. The van der Waals surface area contributed by atoms with E-state index in [2.05, 4.69) is 10.00 Å². The van der Waals surface area contributed by atoms with E-state index in [9.17, 15) is 9.59 Å². The fourth-order valence-corrected chi connectivity index (χ4v) is 4.06. The van der Waals surface area contributed by atoms with Crippen LogP contribution < -0.4 is 10.5 Å². The molecule has 0 aliphatic carbocycles. The van der Waals surface area contributed by atoms with Gasteiger partial charge >= 0.3 is 0 Å². The largest absolute Gasteiger partial charge is 0.339 e. The van der Waals surface area contributed by atoms with E-state index in [1.807, 2.05) is 26.0 Å². The summed E-state index contributed by atoms with van der Waals surface area (Å²) < 4.78 is 3.27. The Hall–Kier alpha value is -2.87. The van der Waals surface area contributed by atoms with E-state index in [0.717, 1.165) is 5.69 Å². The third kappa shape index (κ3) is 3.27. The smallest absolute Gasteiger partial charge is 0.281 e. The number of aryl methyl sites for hydroxylation is 2. The van der Waals surface area contributed by atoms with Crippen molar-refractivity contribution in [1.82, 2.24) is 24.2 Å². The van der Waals surface area contributed by atoms with E-state index in [4.69, 9.17) is 16.6 Å². The van der Waals surface area contributed by atoms with E-state index >= 15 is 0 Å². The summed E-state index contributed by atoms with van der Waals surface area (Å²) in [7, 11) is 1.76. The number of piperazine rings is 1. The van der Waals surface area contributed by atoms with Crippen LogP contribution in [0.4, 0.5) is 5.95 Å². The van der Waals surface area contributed by atoms with Crippen LogP contribution in [0.15, 0.2) is 29.1 Å². The van der Waals surface area contributed by atoms with Gasteiger partial charge in [0.1, 0.15) is 5.52 Å². The lowest BCUT2D eigenvalue weighted by Gasteiger charge is -2.36. The van der Waals surface area contributed by atoms with Crippen LogP contribution in [-0.2, 0) is 13.6 Å². The highest BCUT2D eigenvalue weighted by molar-refractivity contribution is 6.33. The Labute approximate surface area is 173 Å². The highest BCUT2D eigenvalue weighted by Crippen LogP contribution is 2.21. The summed E-state index contributed by atoms with van der Waals surface area (Å²) in [5.41, 5.74) is 2.30. The maximum atomic E-state index is 13.0. The van der Waals surface area contributed by atoms with Gasteiger partial charge in [0.2, 0.25) is 5.95 Å². The molecule has 3 heterocycles. The SMILES string of the molecule is CCn1c(N2CCN(C(=O)c3ccccc3Cl)CC2)nc2c(C)nn(C)c2c1=O. The van der Waals surface area contributed by atoms with E-state index in [1.54, 1.807) is 33.3 Å². The van der Waals surface area contributed by atoms with Gasteiger partial charge in [-0.15, -0.1) is 0 Å². The number of nitrogens with zero attached hydrogens (tertiary/aromatic N) is 6. The number of aromatic nitrogens is 4. The third-order valence-electron chi connectivity index (χ3n) is 5.36. The maximum absolute atomic E-state index is 13.0. The standard InChI is InChI=1S/C20H23ClN6O2/c1-4-27-19(29)17-16(13(2)23-24(17)3)22-20(27)26-11-9-25(10-12-26)18(28)14-7-5-6-8-15(14)21/h5-8H,4,9-12H2,1-3H3. The number of hydrogen-bond acceptors (Lipinski definition) is 5. The third-order valence-corrected chi connectivity index (χ3v) is 5.69. The normalized spacial score (nSPS) is 14.6. The van der Waals surface area contributed by atoms with Gasteiger partial charge in [-0.1, -0.05) is 23.7 Å². The van der Waals surface area contributed by atoms with Crippen molar-refractivity contribution in [1.29, 1.82) is 0 Å². The highest BCUT2D eigenvalue weighted by Gasteiger charge is 2.27. The lowest BCUT2D eigenvalue weighted by molar-refractivity contribution is 0.0746. The summed E-state index contributed by atoms with van der Waals surface area (Å²) in [4.78, 5) is 34.4. The van der Waals surface area contributed by atoms with Crippen LogP contribution >= 0.6 is 11.6 Å². The maximum Gasteiger partial charge on any atom is 0.281 e. The summed E-state index contributed by atoms with van der Waals surface area (Å²) in [6.45, 7) is 6.55. The molecule has 0 N–H and O–H groups in total. The molecule has 0 atom stereocenters. The number of amides is 1. The van der Waals surface area contributed by atoms with Gasteiger partial charge in [0.25, 0.3) is 11.5 Å². The molecule has 8 nitrogen and oxygen atoms in total. The second-order valence-electron chi connectivity index (χ2n) is 7.13. The van der Waals surface area contributed by atoms with Gasteiger partial charge in [-0.2, -0.15) is 5.10 Å². The van der Waals surface area contributed by atoms with Crippen LogP contribution in [0.25, 0.3) is 11.0 Å². The summed E-state index contributed by atoms with van der Waals surface area (Å²) in [6.07, 6.45) is 0. The summed E-state index contributed by atoms with van der Waals surface area (Å²) >= 11 is 6.18. The van der Waals surface area contributed by atoms with Crippen LogP contribution in [0.3, 0.4) is 0 Å². The lowest BCUT2D eigenvalue weighted by atomic mass is 10.2. The van der Waals surface area contributed by atoms with Gasteiger partial charge < -0.3 is 9.80 Å². The number of rotatable bonds is 3. The zero-order valence-corrected chi connectivity index (χ0v) is 17.5. The first kappa shape index (κ1) is 19.4. The van der Waals surface area contributed by atoms with Crippen molar-refractivity contribution in [2.45, 2.75) is 20.4 Å². The first-order valence-corrected chi connectivity index (χ1v) is 10.0. The Morgan fingerprint density at radius 3 is 2.52 bits per heavy atom. The predicted molar refractivity (Wildman–Crippen MR) is 113 cm³/mol. The molecule has 2 aromatic heterocycles. The van der Waals surface area contributed by atoms with Crippen molar-refractivity contribution in [2.24, 2.45) is 7.05 Å². The number of halogens is 1. The first-order valence-electron chi connectivity index (χ1n) is 9.65. The molecule has 0 bridgehead atoms. The Kier molecular flexibility index (Phi) is 5.04. The fraction of sp³-hybridized carbons (Fsp3) is 0.400. The quantitative estimate of drug-likeness (QED) is 0.655. The summed E-state index contributed by atoms with van der Waals surface area (Å²) in [5, 5.41) is 4.80. The molecule has 3 aromatic rings. The average molecular weight is 415 g/mol. The number of anilines is 1. The molecular weight excluding hydrogens is 392 g/mol. The van der Waals surface area contributed by atoms with Crippen molar-refractivity contribution in [3.05, 3.63) is 50.9 Å². The van der Waals surface area contributed by atoms with E-state index in [1.165, 1.54) is 0 Å². The zero-order valence-electron chi connectivity index (χ0n) is 16.7. The summed E-state index contributed by atoms with van der Waals surface area (Å²) in [5.74, 6) is 0.556. The number of benzene rings is 1. The molecule has 29 heavy (non-hydrogen) atoms. The second kappa shape index (κ2) is 7.51. The number of hydrogen-bond donors (Lipinski definition) is 0. The molecular formula is C20H23ClN6O2. The minimum absolute atomic E-state index is 0.0744. The van der Waals surface area contributed by atoms with Crippen molar-refractivity contribution in [3.63, 3.8) is 0 Å². The van der Waals surface area contributed by atoms with E-state index in [0.29, 0.717) is 60.3 Å². The molecule has 0 spiro atoms. The Morgan fingerprint density at radius 1 is 1.17 bits per heavy atom. The average Bonchev–Trinajstić information content (AvgIpc) is 3.01. The monoisotopic (exact) mass is 414 g/mol. The van der Waals surface area contributed by atoms with Crippen LogP contribution in [0.1, 0.15) is 23.0 Å². The molecule has 152 valence electrons.